The highest BCUT2D eigenvalue weighted by molar-refractivity contribution is 9.10. The van der Waals surface area contributed by atoms with Crippen molar-refractivity contribution < 1.29 is 4.79 Å². The Morgan fingerprint density at radius 3 is 2.78 bits per heavy atom. The van der Waals surface area contributed by atoms with Crippen LogP contribution in [-0.4, -0.2) is 16.8 Å². The summed E-state index contributed by atoms with van der Waals surface area (Å²) < 4.78 is 1.10. The third kappa shape index (κ3) is 2.42. The van der Waals surface area contributed by atoms with Crippen LogP contribution in [0.2, 0.25) is 0 Å². The molecule has 0 saturated carbocycles. The zero-order chi connectivity index (χ0) is 16.1. The summed E-state index contributed by atoms with van der Waals surface area (Å²) in [5.74, 6) is 0.198. The second-order valence-corrected chi connectivity index (χ2v) is 7.74. The molecule has 0 aliphatic carbocycles. The smallest absolute Gasteiger partial charge is 0.254 e. The highest BCUT2D eigenvalue weighted by Gasteiger charge is 2.42. The third-order valence-corrected chi connectivity index (χ3v) is 5.78. The van der Waals surface area contributed by atoms with Crippen molar-refractivity contribution in [1.29, 1.82) is 0 Å². The van der Waals surface area contributed by atoms with Crippen molar-refractivity contribution in [3.63, 3.8) is 0 Å². The van der Waals surface area contributed by atoms with Crippen LogP contribution in [-0.2, 0) is 6.42 Å². The Balaban J connectivity index is 1.76. The van der Waals surface area contributed by atoms with Crippen molar-refractivity contribution in [2.45, 2.75) is 45.2 Å². The van der Waals surface area contributed by atoms with Gasteiger partial charge in [-0.2, -0.15) is 0 Å². The first-order valence-corrected chi connectivity index (χ1v) is 9.02. The van der Waals surface area contributed by atoms with Crippen molar-refractivity contribution in [3.05, 3.63) is 68.7 Å². The Morgan fingerprint density at radius 1 is 1.13 bits per heavy atom. The van der Waals surface area contributed by atoms with Gasteiger partial charge in [0.2, 0.25) is 0 Å². The molecule has 2 heterocycles. The van der Waals surface area contributed by atoms with E-state index in [2.05, 4.69) is 51.2 Å². The van der Waals surface area contributed by atoms with Gasteiger partial charge in [0.15, 0.2) is 0 Å². The number of nitrogens with zero attached hydrogens (tertiary/aromatic N) is 1. The summed E-state index contributed by atoms with van der Waals surface area (Å²) in [4.78, 5) is 15.4. The van der Waals surface area contributed by atoms with E-state index in [4.69, 9.17) is 0 Å². The van der Waals surface area contributed by atoms with E-state index in [1.54, 1.807) is 0 Å². The van der Waals surface area contributed by atoms with Crippen LogP contribution in [0.1, 0.15) is 51.5 Å². The summed E-state index contributed by atoms with van der Waals surface area (Å²) in [7, 11) is 0. The first kappa shape index (κ1) is 14.9. The molecule has 4 rings (SSSR count). The molecule has 0 radical (unpaired) electrons. The van der Waals surface area contributed by atoms with Crippen LogP contribution in [0.4, 0.5) is 0 Å². The number of halogens is 1. The number of amides is 1. The van der Waals surface area contributed by atoms with Crippen LogP contribution in [0.25, 0.3) is 0 Å². The molecule has 3 heteroatoms. The van der Waals surface area contributed by atoms with Gasteiger partial charge >= 0.3 is 0 Å². The van der Waals surface area contributed by atoms with Gasteiger partial charge in [-0.25, -0.2) is 0 Å². The third-order valence-electron chi connectivity index (χ3n) is 5.28. The summed E-state index contributed by atoms with van der Waals surface area (Å²) in [5, 5.41) is 0. The Bertz CT molecular complexity index is 798. The number of aryl methyl sites for hydroxylation is 2. The van der Waals surface area contributed by atoms with Crippen LogP contribution in [0, 0.1) is 13.8 Å². The maximum absolute atomic E-state index is 13.2. The first-order chi connectivity index (χ1) is 11.0. The molecule has 1 fully saturated rings. The van der Waals surface area contributed by atoms with Gasteiger partial charge in [0.05, 0.1) is 6.04 Å². The van der Waals surface area contributed by atoms with Gasteiger partial charge in [-0.15, -0.1) is 0 Å². The Labute approximate surface area is 145 Å². The molecule has 1 saturated heterocycles. The highest BCUT2D eigenvalue weighted by Crippen LogP contribution is 2.45. The molecule has 2 atom stereocenters. The molecule has 23 heavy (non-hydrogen) atoms. The summed E-state index contributed by atoms with van der Waals surface area (Å²) in [6.45, 7) is 4.08. The summed E-state index contributed by atoms with van der Waals surface area (Å²) in [6.07, 6.45) is 3.16. The van der Waals surface area contributed by atoms with Crippen LogP contribution in [0.5, 0.6) is 0 Å². The number of hydrogen-bond acceptors (Lipinski definition) is 1. The number of rotatable bonds is 1. The zero-order valence-corrected chi connectivity index (χ0v) is 15.1. The number of hydrogen-bond donors (Lipinski definition) is 0. The second kappa shape index (κ2) is 5.48. The summed E-state index contributed by atoms with van der Waals surface area (Å²) in [6, 6.07) is 13.3. The van der Waals surface area contributed by atoms with Gasteiger partial charge in [-0.3, -0.25) is 4.79 Å². The molecular weight excluding hydrogens is 350 g/mol. The largest absolute Gasteiger partial charge is 0.328 e. The van der Waals surface area contributed by atoms with Crippen molar-refractivity contribution >= 4 is 21.8 Å². The van der Waals surface area contributed by atoms with Crippen molar-refractivity contribution in [1.82, 2.24) is 4.90 Å². The SMILES string of the molecule is Cc1ccc(C)c(C(=O)N2[C@@H]3CC[C@H]2c2cc(Br)ccc2C3)c1. The Hall–Kier alpha value is -1.61. The number of carbonyl (C=O) groups is 1. The number of benzene rings is 2. The molecule has 2 bridgehead atoms. The number of carbonyl (C=O) groups excluding carboxylic acids is 1. The molecule has 1 amide bonds. The highest BCUT2D eigenvalue weighted by atomic mass is 79.9. The molecule has 0 N–H and O–H groups in total. The van der Waals surface area contributed by atoms with E-state index in [0.717, 1.165) is 40.4 Å². The second-order valence-electron chi connectivity index (χ2n) is 6.83. The van der Waals surface area contributed by atoms with E-state index in [9.17, 15) is 4.79 Å². The zero-order valence-electron chi connectivity index (χ0n) is 13.5. The van der Waals surface area contributed by atoms with Crippen molar-refractivity contribution in [2.24, 2.45) is 0 Å². The molecule has 0 spiro atoms. The van der Waals surface area contributed by atoms with E-state index < -0.39 is 0 Å². The van der Waals surface area contributed by atoms with E-state index in [-0.39, 0.29) is 11.9 Å². The van der Waals surface area contributed by atoms with Crippen LogP contribution in [0.15, 0.2) is 40.9 Å². The molecule has 2 aliphatic rings. The quantitative estimate of drug-likeness (QED) is 0.694. The minimum absolute atomic E-state index is 0.198. The van der Waals surface area contributed by atoms with E-state index in [1.807, 2.05) is 19.9 Å². The normalized spacial score (nSPS) is 22.1. The van der Waals surface area contributed by atoms with Gasteiger partial charge in [-0.1, -0.05) is 39.7 Å². The molecule has 2 aromatic carbocycles. The van der Waals surface area contributed by atoms with E-state index in [0.29, 0.717) is 6.04 Å². The van der Waals surface area contributed by atoms with Crippen LogP contribution < -0.4 is 0 Å². The van der Waals surface area contributed by atoms with Crippen molar-refractivity contribution in [2.75, 3.05) is 0 Å². The van der Waals surface area contributed by atoms with Crippen LogP contribution >= 0.6 is 15.9 Å². The van der Waals surface area contributed by atoms with Gasteiger partial charge in [-0.05, 0) is 68.0 Å². The van der Waals surface area contributed by atoms with Gasteiger partial charge < -0.3 is 4.90 Å². The maximum atomic E-state index is 13.2. The standard InChI is InChI=1S/C20H20BrNO/c1-12-3-4-13(2)17(9-12)20(23)22-16-7-8-19(22)18-11-15(21)6-5-14(18)10-16/h3-6,9,11,16,19H,7-8,10H2,1-2H3/t16-,19+/m1/s1. The molecule has 0 aromatic heterocycles. The lowest BCUT2D eigenvalue weighted by atomic mass is 9.92. The topological polar surface area (TPSA) is 20.3 Å². The monoisotopic (exact) mass is 369 g/mol. The fraction of sp³-hybridized carbons (Fsp3) is 0.350. The molecule has 2 nitrogen and oxygen atoms in total. The lowest BCUT2D eigenvalue weighted by Crippen LogP contribution is -2.42. The molecule has 118 valence electrons. The Morgan fingerprint density at radius 2 is 1.96 bits per heavy atom. The Kier molecular flexibility index (Phi) is 3.56. The molecular formula is C20H20BrNO. The predicted molar refractivity (Wildman–Crippen MR) is 95.7 cm³/mol. The van der Waals surface area contributed by atoms with E-state index >= 15 is 0 Å². The molecule has 2 aliphatic heterocycles. The first-order valence-electron chi connectivity index (χ1n) is 8.23. The van der Waals surface area contributed by atoms with E-state index in [1.165, 1.54) is 11.1 Å². The summed E-state index contributed by atoms with van der Waals surface area (Å²) in [5.41, 5.74) is 5.81. The molecule has 2 aromatic rings. The minimum Gasteiger partial charge on any atom is -0.328 e. The van der Waals surface area contributed by atoms with Crippen LogP contribution in [0.3, 0.4) is 0 Å². The average molecular weight is 370 g/mol. The lowest BCUT2D eigenvalue weighted by Gasteiger charge is -2.37. The minimum atomic E-state index is 0.198. The fourth-order valence-electron chi connectivity index (χ4n) is 4.12. The van der Waals surface area contributed by atoms with Gasteiger partial charge in [0, 0.05) is 16.1 Å². The summed E-state index contributed by atoms with van der Waals surface area (Å²) >= 11 is 3.58. The van der Waals surface area contributed by atoms with Gasteiger partial charge in [0.1, 0.15) is 0 Å². The van der Waals surface area contributed by atoms with Gasteiger partial charge in [0.25, 0.3) is 5.91 Å². The lowest BCUT2D eigenvalue weighted by molar-refractivity contribution is 0.0645. The average Bonchev–Trinajstić information content (AvgIpc) is 2.85. The maximum Gasteiger partial charge on any atom is 0.254 e. The van der Waals surface area contributed by atoms with Crippen molar-refractivity contribution in [3.8, 4) is 0 Å². The number of fused-ring (bicyclic) bond motifs is 4. The molecule has 0 unspecified atom stereocenters. The fourth-order valence-corrected chi connectivity index (χ4v) is 4.50. The predicted octanol–water partition coefficient (Wildman–Crippen LogP) is 4.97.